The fraction of sp³-hybridized carbons (Fsp3) is 0.300. The van der Waals surface area contributed by atoms with E-state index in [-0.39, 0.29) is 16.8 Å². The van der Waals surface area contributed by atoms with Gasteiger partial charge in [-0.2, -0.15) is 0 Å². The van der Waals surface area contributed by atoms with Gasteiger partial charge in [0.15, 0.2) is 0 Å². The Balaban J connectivity index is 1.64. The molecule has 1 heterocycles. The maximum Gasteiger partial charge on any atom is 0.246 e. The number of nitrogens with zero attached hydrogens (tertiary/aromatic N) is 1. The molecule has 9 heteroatoms. The van der Waals surface area contributed by atoms with Crippen LogP contribution in [0, 0.1) is 6.92 Å². The number of anilines is 2. The smallest absolute Gasteiger partial charge is 0.246 e. The van der Waals surface area contributed by atoms with Crippen LogP contribution in [0.4, 0.5) is 11.4 Å². The Morgan fingerprint density at radius 2 is 1.69 bits per heavy atom. The summed E-state index contributed by atoms with van der Waals surface area (Å²) in [5.74, 6) is -0.221. The monoisotopic (exact) mass is 432 g/mol. The first-order chi connectivity index (χ1) is 13.6. The SMILES string of the molecule is Cc1nc2ccc(NC(C)C(=O)Nc3ccc(S(=O)(=O)NC(C)C)cc3)cc2s1. The molecule has 1 aromatic heterocycles. The number of rotatable bonds is 7. The van der Waals surface area contributed by atoms with Crippen molar-refractivity contribution in [3.63, 3.8) is 0 Å². The first-order valence-electron chi connectivity index (χ1n) is 9.21. The van der Waals surface area contributed by atoms with Crippen molar-refractivity contribution in [2.24, 2.45) is 0 Å². The Labute approximate surface area is 174 Å². The summed E-state index contributed by atoms with van der Waals surface area (Å²) in [6, 6.07) is 11.2. The van der Waals surface area contributed by atoms with Crippen molar-refractivity contribution in [1.29, 1.82) is 0 Å². The number of nitrogens with one attached hydrogen (secondary N) is 3. The molecule has 154 valence electrons. The Morgan fingerprint density at radius 1 is 1.03 bits per heavy atom. The summed E-state index contributed by atoms with van der Waals surface area (Å²) in [5.41, 5.74) is 2.31. The van der Waals surface area contributed by atoms with Gasteiger partial charge in [0.1, 0.15) is 6.04 Å². The van der Waals surface area contributed by atoms with Crippen LogP contribution in [0.2, 0.25) is 0 Å². The van der Waals surface area contributed by atoms with Gasteiger partial charge < -0.3 is 10.6 Å². The second-order valence-corrected chi connectivity index (χ2v) is 10.0. The predicted molar refractivity (Wildman–Crippen MR) is 118 cm³/mol. The van der Waals surface area contributed by atoms with Gasteiger partial charge in [-0.05, 0) is 70.2 Å². The molecule has 1 atom stereocenters. The van der Waals surface area contributed by atoms with E-state index in [2.05, 4.69) is 20.3 Å². The minimum Gasteiger partial charge on any atom is -0.374 e. The number of sulfonamides is 1. The molecule has 0 saturated heterocycles. The largest absolute Gasteiger partial charge is 0.374 e. The van der Waals surface area contributed by atoms with Gasteiger partial charge >= 0.3 is 0 Å². The number of thiazole rings is 1. The van der Waals surface area contributed by atoms with Crippen molar-refractivity contribution in [2.75, 3.05) is 10.6 Å². The van der Waals surface area contributed by atoms with Crippen molar-refractivity contribution in [3.05, 3.63) is 47.5 Å². The highest BCUT2D eigenvalue weighted by Gasteiger charge is 2.17. The molecule has 0 fully saturated rings. The van der Waals surface area contributed by atoms with Crippen LogP contribution in [0.3, 0.4) is 0 Å². The molecule has 0 saturated carbocycles. The zero-order valence-electron chi connectivity index (χ0n) is 16.7. The van der Waals surface area contributed by atoms with Crippen LogP contribution in [0.25, 0.3) is 10.2 Å². The molecule has 1 amide bonds. The van der Waals surface area contributed by atoms with Crippen LogP contribution in [-0.4, -0.2) is 31.4 Å². The second kappa shape index (κ2) is 8.48. The quantitative estimate of drug-likeness (QED) is 0.528. The molecular formula is C20H24N4O3S2. The standard InChI is InChI=1S/C20H24N4O3S2/c1-12(2)24-29(26,27)17-8-5-15(6-9-17)23-20(25)13(3)21-16-7-10-18-19(11-16)28-14(4)22-18/h5-13,21,24H,1-4H3,(H,23,25). The van der Waals surface area contributed by atoms with E-state index in [4.69, 9.17) is 0 Å². The Kier molecular flexibility index (Phi) is 6.21. The zero-order chi connectivity index (χ0) is 21.2. The number of aromatic nitrogens is 1. The van der Waals surface area contributed by atoms with Crippen molar-refractivity contribution in [1.82, 2.24) is 9.71 Å². The molecular weight excluding hydrogens is 408 g/mol. The van der Waals surface area contributed by atoms with Gasteiger partial charge in [-0.15, -0.1) is 11.3 Å². The Morgan fingerprint density at radius 3 is 2.34 bits per heavy atom. The molecule has 0 bridgehead atoms. The predicted octanol–water partition coefficient (Wildman–Crippen LogP) is 3.73. The van der Waals surface area contributed by atoms with E-state index in [0.29, 0.717) is 5.69 Å². The van der Waals surface area contributed by atoms with Crippen LogP contribution in [0.15, 0.2) is 47.4 Å². The first kappa shape index (κ1) is 21.2. The van der Waals surface area contributed by atoms with E-state index >= 15 is 0 Å². The molecule has 1 unspecified atom stereocenters. The second-order valence-electron chi connectivity index (χ2n) is 7.07. The van der Waals surface area contributed by atoms with E-state index in [9.17, 15) is 13.2 Å². The summed E-state index contributed by atoms with van der Waals surface area (Å²) in [5, 5.41) is 6.97. The fourth-order valence-electron chi connectivity index (χ4n) is 2.79. The summed E-state index contributed by atoms with van der Waals surface area (Å²) in [7, 11) is -3.56. The summed E-state index contributed by atoms with van der Waals surface area (Å²) >= 11 is 1.61. The van der Waals surface area contributed by atoms with Crippen LogP contribution in [0.1, 0.15) is 25.8 Å². The Bertz CT molecular complexity index is 1120. The van der Waals surface area contributed by atoms with Gasteiger partial charge in [0, 0.05) is 17.4 Å². The van der Waals surface area contributed by atoms with Gasteiger partial charge in [-0.3, -0.25) is 4.79 Å². The third-order valence-corrected chi connectivity index (χ3v) is 6.70. The van der Waals surface area contributed by atoms with Gasteiger partial charge in [-0.25, -0.2) is 18.1 Å². The highest BCUT2D eigenvalue weighted by atomic mass is 32.2. The van der Waals surface area contributed by atoms with Gasteiger partial charge in [0.25, 0.3) is 0 Å². The minimum absolute atomic E-state index is 0.156. The highest BCUT2D eigenvalue weighted by Crippen LogP contribution is 2.25. The maximum atomic E-state index is 12.5. The summed E-state index contributed by atoms with van der Waals surface area (Å²) < 4.78 is 27.9. The lowest BCUT2D eigenvalue weighted by Crippen LogP contribution is -2.32. The maximum absolute atomic E-state index is 12.5. The number of fused-ring (bicyclic) bond motifs is 1. The zero-order valence-corrected chi connectivity index (χ0v) is 18.3. The summed E-state index contributed by atoms with van der Waals surface area (Å²) in [4.78, 5) is 17.1. The number of carbonyl (C=O) groups excluding carboxylic acids is 1. The van der Waals surface area contributed by atoms with Crippen LogP contribution < -0.4 is 15.4 Å². The molecule has 29 heavy (non-hydrogen) atoms. The molecule has 7 nitrogen and oxygen atoms in total. The van der Waals surface area contributed by atoms with Crippen molar-refractivity contribution < 1.29 is 13.2 Å². The number of hydrogen-bond donors (Lipinski definition) is 3. The topological polar surface area (TPSA) is 100 Å². The number of hydrogen-bond acceptors (Lipinski definition) is 6. The third-order valence-electron chi connectivity index (χ3n) is 4.09. The van der Waals surface area contributed by atoms with E-state index in [1.807, 2.05) is 25.1 Å². The molecule has 0 aliphatic rings. The van der Waals surface area contributed by atoms with Crippen molar-refractivity contribution in [3.8, 4) is 0 Å². The average molecular weight is 433 g/mol. The highest BCUT2D eigenvalue weighted by molar-refractivity contribution is 7.89. The number of benzene rings is 2. The van der Waals surface area contributed by atoms with E-state index in [1.165, 1.54) is 12.1 Å². The molecule has 0 radical (unpaired) electrons. The number of amides is 1. The lowest BCUT2D eigenvalue weighted by Gasteiger charge is -2.16. The average Bonchev–Trinajstić information content (AvgIpc) is 3.00. The van der Waals surface area contributed by atoms with Crippen molar-refractivity contribution >= 4 is 48.9 Å². The molecule has 3 rings (SSSR count). The first-order valence-corrected chi connectivity index (χ1v) is 11.5. The van der Waals surface area contributed by atoms with Gasteiger partial charge in [0.2, 0.25) is 15.9 Å². The molecule has 0 aliphatic heterocycles. The molecule has 0 spiro atoms. The van der Waals surface area contributed by atoms with Crippen LogP contribution in [0.5, 0.6) is 0 Å². The van der Waals surface area contributed by atoms with Gasteiger partial charge in [0.05, 0.1) is 20.1 Å². The third kappa shape index (κ3) is 5.31. The molecule has 3 aromatic rings. The molecule has 3 N–H and O–H groups in total. The fourth-order valence-corrected chi connectivity index (χ4v) is 4.91. The van der Waals surface area contributed by atoms with Crippen LogP contribution in [-0.2, 0) is 14.8 Å². The van der Waals surface area contributed by atoms with Crippen LogP contribution >= 0.6 is 11.3 Å². The minimum atomic E-state index is -3.56. The number of carbonyl (C=O) groups is 1. The van der Waals surface area contributed by atoms with E-state index in [1.54, 1.807) is 44.2 Å². The van der Waals surface area contributed by atoms with Crippen molar-refractivity contribution in [2.45, 2.75) is 44.7 Å². The van der Waals surface area contributed by atoms with Gasteiger partial charge in [-0.1, -0.05) is 0 Å². The number of aryl methyl sites for hydroxylation is 1. The lowest BCUT2D eigenvalue weighted by atomic mass is 10.2. The summed E-state index contributed by atoms with van der Waals surface area (Å²) in [6.07, 6.45) is 0. The normalized spacial score (nSPS) is 12.9. The molecule has 2 aromatic carbocycles. The Hall–Kier alpha value is -2.49. The van der Waals surface area contributed by atoms with E-state index in [0.717, 1.165) is 20.9 Å². The lowest BCUT2D eigenvalue weighted by molar-refractivity contribution is -0.116. The summed E-state index contributed by atoms with van der Waals surface area (Å²) in [6.45, 7) is 7.24. The van der Waals surface area contributed by atoms with E-state index < -0.39 is 16.1 Å². The molecule has 0 aliphatic carbocycles.